The number of nitrogens with zero attached hydrogens (tertiary/aromatic N) is 2. The van der Waals surface area contributed by atoms with E-state index in [2.05, 4.69) is 6.58 Å². The van der Waals surface area contributed by atoms with Crippen LogP contribution < -0.4 is 9.80 Å². The molecule has 0 aromatic heterocycles. The zero-order chi connectivity index (χ0) is 18.4. The quantitative estimate of drug-likeness (QED) is 0.469. The van der Waals surface area contributed by atoms with E-state index in [1.807, 2.05) is 6.07 Å². The average molecular weight is 342 g/mol. The molecule has 130 valence electrons. The van der Waals surface area contributed by atoms with Crippen molar-refractivity contribution in [2.75, 3.05) is 16.8 Å². The minimum absolute atomic E-state index is 0.391. The van der Waals surface area contributed by atoms with E-state index in [0.29, 0.717) is 11.4 Å². The lowest BCUT2D eigenvalue weighted by Crippen LogP contribution is -2.48. The lowest BCUT2D eigenvalue weighted by Gasteiger charge is -2.32. The Labute approximate surface area is 145 Å². The number of benzene rings is 2. The maximum absolute atomic E-state index is 13.1. The third-order valence-corrected chi connectivity index (χ3v) is 3.56. The van der Waals surface area contributed by atoms with E-state index in [-0.39, 0.29) is 0 Å². The van der Waals surface area contributed by atoms with E-state index in [4.69, 9.17) is 4.74 Å². The Balaban J connectivity index is 2.33. The third-order valence-electron chi connectivity index (χ3n) is 3.56. The molecular formula is C19H19FN2O3. The van der Waals surface area contributed by atoms with E-state index >= 15 is 0 Å². The summed E-state index contributed by atoms with van der Waals surface area (Å²) in [5.74, 6) is -1.02. The van der Waals surface area contributed by atoms with Gasteiger partial charge in [0.1, 0.15) is 5.82 Å². The van der Waals surface area contributed by atoms with Gasteiger partial charge in [-0.2, -0.15) is 0 Å². The summed E-state index contributed by atoms with van der Waals surface area (Å²) in [6.45, 7) is 4.95. The summed E-state index contributed by atoms with van der Waals surface area (Å²) >= 11 is 0. The highest BCUT2D eigenvalue weighted by atomic mass is 19.1. The molecule has 2 amide bonds. The molecule has 0 radical (unpaired) electrons. The van der Waals surface area contributed by atoms with Crippen LogP contribution >= 0.6 is 0 Å². The number of anilines is 2. The van der Waals surface area contributed by atoms with E-state index in [9.17, 15) is 14.0 Å². The largest absolute Gasteiger partial charge is 0.438 e. The predicted octanol–water partition coefficient (Wildman–Crippen LogP) is 3.96. The average Bonchev–Trinajstić information content (AvgIpc) is 2.62. The summed E-state index contributed by atoms with van der Waals surface area (Å²) in [5.41, 5.74) is 1.07. The summed E-state index contributed by atoms with van der Waals surface area (Å²) < 4.78 is 18.3. The fourth-order valence-electron chi connectivity index (χ4n) is 2.27. The number of carbonyl (C=O) groups excluding carboxylic acids is 2. The van der Waals surface area contributed by atoms with Crippen LogP contribution in [0.15, 0.2) is 67.3 Å². The second-order valence-corrected chi connectivity index (χ2v) is 5.26. The highest BCUT2D eigenvalue weighted by Crippen LogP contribution is 2.22. The van der Waals surface area contributed by atoms with Crippen LogP contribution in [0.1, 0.15) is 6.92 Å². The molecule has 0 aliphatic carbocycles. The van der Waals surface area contributed by atoms with Crippen molar-refractivity contribution in [3.05, 3.63) is 73.1 Å². The van der Waals surface area contributed by atoms with Crippen molar-refractivity contribution in [3.63, 3.8) is 0 Å². The van der Waals surface area contributed by atoms with Gasteiger partial charge < -0.3 is 4.74 Å². The minimum atomic E-state index is -0.858. The van der Waals surface area contributed by atoms with Crippen LogP contribution in [0.3, 0.4) is 0 Å². The fraction of sp³-hybridized carbons (Fsp3) is 0.158. The predicted molar refractivity (Wildman–Crippen MR) is 94.9 cm³/mol. The first-order valence-electron chi connectivity index (χ1n) is 7.64. The van der Waals surface area contributed by atoms with E-state index in [0.717, 1.165) is 6.08 Å². The Bertz CT molecular complexity index is 747. The zero-order valence-corrected chi connectivity index (χ0v) is 14.1. The van der Waals surface area contributed by atoms with Gasteiger partial charge in [-0.05, 0) is 43.3 Å². The van der Waals surface area contributed by atoms with Crippen molar-refractivity contribution < 1.29 is 18.7 Å². The first-order valence-corrected chi connectivity index (χ1v) is 7.64. The van der Waals surface area contributed by atoms with Gasteiger partial charge in [0.05, 0.1) is 0 Å². The molecule has 2 aromatic carbocycles. The highest BCUT2D eigenvalue weighted by molar-refractivity contribution is 6.03. The molecule has 25 heavy (non-hydrogen) atoms. The van der Waals surface area contributed by atoms with Crippen LogP contribution in [0, 0.1) is 5.82 Å². The highest BCUT2D eigenvalue weighted by Gasteiger charge is 2.27. The third kappa shape index (κ3) is 4.44. The lowest BCUT2D eigenvalue weighted by atomic mass is 10.2. The monoisotopic (exact) mass is 342 g/mol. The molecule has 0 heterocycles. The minimum Gasteiger partial charge on any atom is -0.438 e. The first-order chi connectivity index (χ1) is 11.9. The Morgan fingerprint density at radius 1 is 1.08 bits per heavy atom. The van der Waals surface area contributed by atoms with Crippen LogP contribution in [0.2, 0.25) is 0 Å². The molecule has 1 unspecified atom stereocenters. The summed E-state index contributed by atoms with van der Waals surface area (Å²) in [5, 5.41) is 0. The van der Waals surface area contributed by atoms with Gasteiger partial charge in [0.25, 0.3) is 0 Å². The first kappa shape index (κ1) is 18.2. The molecule has 1 atom stereocenters. The summed E-state index contributed by atoms with van der Waals surface area (Å²) in [6, 6.07) is 13.9. The van der Waals surface area contributed by atoms with Crippen molar-refractivity contribution in [1.29, 1.82) is 0 Å². The standard InChI is InChI=1S/C19H19FN2O3/c1-4-18(23)25-14(2)22(17-8-6-5-7-9-17)19(24)21(3)16-12-10-15(20)11-13-16/h4-14H,1H2,2-3H3. The maximum Gasteiger partial charge on any atom is 0.332 e. The molecule has 0 saturated carbocycles. The van der Waals surface area contributed by atoms with Crippen LogP contribution in [-0.2, 0) is 9.53 Å². The van der Waals surface area contributed by atoms with Gasteiger partial charge >= 0.3 is 12.0 Å². The molecular weight excluding hydrogens is 323 g/mol. The van der Waals surface area contributed by atoms with Crippen LogP contribution in [-0.4, -0.2) is 25.3 Å². The van der Waals surface area contributed by atoms with Crippen molar-refractivity contribution in [1.82, 2.24) is 0 Å². The van der Waals surface area contributed by atoms with Gasteiger partial charge in [-0.25, -0.2) is 14.0 Å². The number of esters is 1. The molecule has 0 fully saturated rings. The van der Waals surface area contributed by atoms with Gasteiger partial charge in [0.15, 0.2) is 6.23 Å². The second kappa shape index (κ2) is 8.10. The molecule has 2 aromatic rings. The Morgan fingerprint density at radius 3 is 2.24 bits per heavy atom. The molecule has 6 heteroatoms. The number of carbonyl (C=O) groups is 2. The number of hydrogen-bond acceptors (Lipinski definition) is 3. The van der Waals surface area contributed by atoms with Gasteiger partial charge in [0, 0.05) is 24.5 Å². The Kier molecular flexibility index (Phi) is 5.89. The lowest BCUT2D eigenvalue weighted by molar-refractivity contribution is -0.141. The SMILES string of the molecule is C=CC(=O)OC(C)N(C(=O)N(C)c1ccc(F)cc1)c1ccccc1. The molecule has 0 saturated heterocycles. The van der Waals surface area contributed by atoms with Gasteiger partial charge in [-0.1, -0.05) is 24.8 Å². The normalized spacial score (nSPS) is 11.3. The topological polar surface area (TPSA) is 49.9 Å². The van der Waals surface area contributed by atoms with Crippen LogP contribution in [0.25, 0.3) is 0 Å². The fourth-order valence-corrected chi connectivity index (χ4v) is 2.27. The van der Waals surface area contributed by atoms with Crippen molar-refractivity contribution in [2.24, 2.45) is 0 Å². The number of para-hydroxylation sites is 1. The number of hydrogen-bond donors (Lipinski definition) is 0. The molecule has 0 N–H and O–H groups in total. The molecule has 0 bridgehead atoms. The van der Waals surface area contributed by atoms with Gasteiger partial charge in [-0.3, -0.25) is 9.80 Å². The number of amides is 2. The van der Waals surface area contributed by atoms with Crippen LogP contribution in [0.4, 0.5) is 20.6 Å². The summed E-state index contributed by atoms with van der Waals surface area (Å²) in [6.07, 6.45) is 0.177. The molecule has 0 aliphatic rings. The molecule has 0 aliphatic heterocycles. The van der Waals surface area contributed by atoms with Crippen molar-refractivity contribution in [3.8, 4) is 0 Å². The van der Waals surface area contributed by atoms with E-state index in [1.165, 1.54) is 34.1 Å². The smallest absolute Gasteiger partial charge is 0.332 e. The number of ether oxygens (including phenoxy) is 1. The summed E-state index contributed by atoms with van der Waals surface area (Å²) in [7, 11) is 1.56. The van der Waals surface area contributed by atoms with Crippen LogP contribution in [0.5, 0.6) is 0 Å². The van der Waals surface area contributed by atoms with Gasteiger partial charge in [0.2, 0.25) is 0 Å². The number of urea groups is 1. The summed E-state index contributed by atoms with van der Waals surface area (Å²) in [4.78, 5) is 27.2. The van der Waals surface area contributed by atoms with Gasteiger partial charge in [-0.15, -0.1) is 0 Å². The van der Waals surface area contributed by atoms with Crippen molar-refractivity contribution in [2.45, 2.75) is 13.2 Å². The zero-order valence-electron chi connectivity index (χ0n) is 14.1. The van der Waals surface area contributed by atoms with E-state index < -0.39 is 24.0 Å². The number of rotatable bonds is 5. The molecule has 5 nitrogen and oxygen atoms in total. The molecule has 2 rings (SSSR count). The van der Waals surface area contributed by atoms with Crippen molar-refractivity contribution >= 4 is 23.4 Å². The number of halogens is 1. The Hall–Kier alpha value is -3.15. The molecule has 0 spiro atoms. The second-order valence-electron chi connectivity index (χ2n) is 5.26. The van der Waals surface area contributed by atoms with E-state index in [1.54, 1.807) is 38.2 Å². The Morgan fingerprint density at radius 2 is 1.68 bits per heavy atom. The maximum atomic E-state index is 13.1.